The molecule has 1 amide bonds. The van der Waals surface area contributed by atoms with Crippen LogP contribution in [0, 0.1) is 0 Å². The summed E-state index contributed by atoms with van der Waals surface area (Å²) in [6.07, 6.45) is 2.35. The van der Waals surface area contributed by atoms with Crippen LogP contribution in [0.4, 0.5) is 5.82 Å². The van der Waals surface area contributed by atoms with Gasteiger partial charge in [0.2, 0.25) is 0 Å². The van der Waals surface area contributed by atoms with Gasteiger partial charge in [-0.2, -0.15) is 0 Å². The van der Waals surface area contributed by atoms with E-state index < -0.39 is 0 Å². The molecule has 2 aromatic heterocycles. The highest BCUT2D eigenvalue weighted by molar-refractivity contribution is 6.06. The minimum atomic E-state index is -0.127. The van der Waals surface area contributed by atoms with Crippen LogP contribution in [-0.2, 0) is 19.5 Å². The number of aryl methyl sites for hydroxylation is 2. The first kappa shape index (κ1) is 19.3. The minimum Gasteiger partial charge on any atom is -0.384 e. The molecule has 5 rings (SSSR count). The lowest BCUT2D eigenvalue weighted by atomic mass is 9.94. The zero-order chi connectivity index (χ0) is 21.5. The summed E-state index contributed by atoms with van der Waals surface area (Å²) in [5.41, 5.74) is 11.1. The monoisotopic (exact) mass is 412 g/mol. The first-order valence-corrected chi connectivity index (χ1v) is 10.7. The van der Waals surface area contributed by atoms with Crippen molar-refractivity contribution in [1.82, 2.24) is 14.9 Å². The second-order valence-corrected chi connectivity index (χ2v) is 8.03. The van der Waals surface area contributed by atoms with Gasteiger partial charge in [-0.3, -0.25) is 9.59 Å². The van der Waals surface area contributed by atoms with E-state index in [1.807, 2.05) is 42.5 Å². The number of nitrogens with zero attached hydrogens (tertiary/aromatic N) is 2. The molecule has 31 heavy (non-hydrogen) atoms. The average molecular weight is 412 g/mol. The first-order valence-electron chi connectivity index (χ1n) is 10.7. The normalized spacial score (nSPS) is 13.5. The Kier molecular flexibility index (Phi) is 4.70. The van der Waals surface area contributed by atoms with E-state index in [2.05, 4.69) is 21.8 Å². The van der Waals surface area contributed by atoms with Crippen molar-refractivity contribution < 1.29 is 9.59 Å². The molecule has 0 bridgehead atoms. The number of anilines is 1. The molecule has 3 N–H and O–H groups in total. The van der Waals surface area contributed by atoms with E-state index in [-0.39, 0.29) is 11.7 Å². The third kappa shape index (κ3) is 3.34. The molecule has 2 aromatic carbocycles. The Labute approximate surface area is 180 Å². The number of Topliss-reactive ketones (excluding diaryl/α,β-unsaturated/α-hetero) is 1. The number of amides is 1. The second-order valence-electron chi connectivity index (χ2n) is 8.03. The van der Waals surface area contributed by atoms with E-state index in [9.17, 15) is 9.59 Å². The molecule has 0 saturated heterocycles. The number of nitrogens with two attached hydrogens (primary N) is 1. The minimum absolute atomic E-state index is 0.127. The molecule has 2 heterocycles. The molecule has 0 atom stereocenters. The van der Waals surface area contributed by atoms with Crippen molar-refractivity contribution in [3.05, 3.63) is 70.9 Å². The molecule has 6 heteroatoms. The number of hydrogen-bond donors (Lipinski definition) is 2. The van der Waals surface area contributed by atoms with Crippen LogP contribution in [0.15, 0.2) is 48.5 Å². The zero-order valence-electron chi connectivity index (χ0n) is 17.4. The zero-order valence-corrected chi connectivity index (χ0v) is 17.4. The fourth-order valence-corrected chi connectivity index (χ4v) is 4.59. The number of pyridine rings is 1. The third-order valence-corrected chi connectivity index (χ3v) is 6.07. The number of rotatable bonds is 4. The lowest BCUT2D eigenvalue weighted by Gasteiger charge is -2.13. The smallest absolute Gasteiger partial charge is 0.251 e. The number of nitrogens with one attached hydrogen (secondary N) is 1. The van der Waals surface area contributed by atoms with Crippen LogP contribution in [-0.4, -0.2) is 21.2 Å². The fraction of sp³-hybridized carbons (Fsp3) is 0.240. The summed E-state index contributed by atoms with van der Waals surface area (Å²) in [5, 5.41) is 5.01. The van der Waals surface area contributed by atoms with Gasteiger partial charge in [0.1, 0.15) is 5.82 Å². The standard InChI is InChI=1S/C25H24N4O2/c1-2-29-21-10-7-17(13-19(21)18-4-3-5-22(30)24(18)29)25(31)27-14-15-6-9-20-16(12-15)8-11-23(26)28-20/h6-13H,2-5,14H2,1H3,(H2,26,28)(H,27,31). The molecule has 4 aromatic rings. The molecule has 0 saturated carbocycles. The molecule has 0 radical (unpaired) electrons. The number of fused-ring (bicyclic) bond motifs is 4. The summed E-state index contributed by atoms with van der Waals surface area (Å²) in [4.78, 5) is 29.7. The van der Waals surface area contributed by atoms with E-state index in [4.69, 9.17) is 5.73 Å². The fourth-order valence-electron chi connectivity index (χ4n) is 4.59. The van der Waals surface area contributed by atoms with Gasteiger partial charge in [0.15, 0.2) is 5.78 Å². The van der Waals surface area contributed by atoms with Gasteiger partial charge in [-0.25, -0.2) is 4.98 Å². The summed E-state index contributed by atoms with van der Waals surface area (Å²) in [7, 11) is 0. The lowest BCUT2D eigenvalue weighted by Crippen LogP contribution is -2.22. The van der Waals surface area contributed by atoms with E-state index in [0.29, 0.717) is 24.3 Å². The molecule has 1 aliphatic rings. The Balaban J connectivity index is 1.41. The number of ketones is 1. The third-order valence-electron chi connectivity index (χ3n) is 6.07. The molecule has 0 aliphatic heterocycles. The highest BCUT2D eigenvalue weighted by Gasteiger charge is 2.25. The summed E-state index contributed by atoms with van der Waals surface area (Å²) in [6, 6.07) is 15.3. The Bertz CT molecular complexity index is 1350. The lowest BCUT2D eigenvalue weighted by molar-refractivity contribution is 0.0947. The average Bonchev–Trinajstić information content (AvgIpc) is 3.11. The van der Waals surface area contributed by atoms with Gasteiger partial charge in [0.05, 0.1) is 11.2 Å². The van der Waals surface area contributed by atoms with Crippen LogP contribution in [0.2, 0.25) is 0 Å². The van der Waals surface area contributed by atoms with Crippen molar-refractivity contribution in [2.24, 2.45) is 0 Å². The maximum atomic E-state index is 12.9. The molecule has 156 valence electrons. The van der Waals surface area contributed by atoms with Crippen molar-refractivity contribution in [2.45, 2.75) is 39.3 Å². The van der Waals surface area contributed by atoms with Crippen LogP contribution in [0.25, 0.3) is 21.8 Å². The predicted molar refractivity (Wildman–Crippen MR) is 122 cm³/mol. The van der Waals surface area contributed by atoms with Crippen LogP contribution < -0.4 is 11.1 Å². The van der Waals surface area contributed by atoms with Gasteiger partial charge in [0.25, 0.3) is 5.91 Å². The summed E-state index contributed by atoms with van der Waals surface area (Å²) in [6.45, 7) is 3.21. The van der Waals surface area contributed by atoms with E-state index in [1.165, 1.54) is 0 Å². The van der Waals surface area contributed by atoms with Crippen molar-refractivity contribution in [3.63, 3.8) is 0 Å². The van der Waals surface area contributed by atoms with Gasteiger partial charge in [0, 0.05) is 41.4 Å². The Morgan fingerprint density at radius 3 is 2.84 bits per heavy atom. The number of hydrogen-bond acceptors (Lipinski definition) is 4. The van der Waals surface area contributed by atoms with Gasteiger partial charge in [-0.1, -0.05) is 6.07 Å². The molecular weight excluding hydrogens is 388 g/mol. The van der Waals surface area contributed by atoms with Crippen LogP contribution in [0.1, 0.15) is 51.7 Å². The van der Waals surface area contributed by atoms with Crippen LogP contribution in [0.3, 0.4) is 0 Å². The highest BCUT2D eigenvalue weighted by atomic mass is 16.1. The van der Waals surface area contributed by atoms with Crippen molar-refractivity contribution in [2.75, 3.05) is 5.73 Å². The predicted octanol–water partition coefficient (Wildman–Crippen LogP) is 4.24. The SMILES string of the molecule is CCn1c2c(c3cc(C(=O)NCc4ccc5nc(N)ccc5c4)ccc31)CCCC2=O. The maximum Gasteiger partial charge on any atom is 0.251 e. The highest BCUT2D eigenvalue weighted by Crippen LogP contribution is 2.33. The van der Waals surface area contributed by atoms with Gasteiger partial charge >= 0.3 is 0 Å². The molecule has 6 nitrogen and oxygen atoms in total. The Hall–Kier alpha value is -3.67. The summed E-state index contributed by atoms with van der Waals surface area (Å²) >= 11 is 0. The first-order chi connectivity index (χ1) is 15.0. The second kappa shape index (κ2) is 7.54. The van der Waals surface area contributed by atoms with Crippen molar-refractivity contribution in [3.8, 4) is 0 Å². The number of aromatic nitrogens is 2. The topological polar surface area (TPSA) is 90.0 Å². The Morgan fingerprint density at radius 1 is 1.13 bits per heavy atom. The summed E-state index contributed by atoms with van der Waals surface area (Å²) < 4.78 is 2.09. The number of nitrogen functional groups attached to an aromatic ring is 1. The number of carbonyl (C=O) groups excluding carboxylic acids is 2. The van der Waals surface area contributed by atoms with Crippen molar-refractivity contribution in [1.29, 1.82) is 0 Å². The van der Waals surface area contributed by atoms with E-state index in [1.54, 1.807) is 6.07 Å². The number of benzene rings is 2. The van der Waals surface area contributed by atoms with Crippen molar-refractivity contribution >= 4 is 39.3 Å². The van der Waals surface area contributed by atoms with Crippen LogP contribution >= 0.6 is 0 Å². The Morgan fingerprint density at radius 2 is 2.00 bits per heavy atom. The van der Waals surface area contributed by atoms with E-state index in [0.717, 1.165) is 58.0 Å². The molecule has 1 aliphatic carbocycles. The molecule has 0 unspecified atom stereocenters. The van der Waals surface area contributed by atoms with Crippen LogP contribution in [0.5, 0.6) is 0 Å². The molecular formula is C25H24N4O2. The summed E-state index contributed by atoms with van der Waals surface area (Å²) in [5.74, 6) is 0.570. The van der Waals surface area contributed by atoms with Gasteiger partial charge in [-0.05, 0) is 73.4 Å². The van der Waals surface area contributed by atoms with Gasteiger partial charge < -0.3 is 15.6 Å². The molecule has 0 spiro atoms. The quantitative estimate of drug-likeness (QED) is 0.525. The maximum absolute atomic E-state index is 12.9. The molecule has 0 fully saturated rings. The number of carbonyl (C=O) groups is 2. The largest absolute Gasteiger partial charge is 0.384 e. The van der Waals surface area contributed by atoms with E-state index >= 15 is 0 Å². The van der Waals surface area contributed by atoms with Gasteiger partial charge in [-0.15, -0.1) is 0 Å².